The molecule has 3 heteroatoms. The zero-order valence-electron chi connectivity index (χ0n) is 19.2. The van der Waals surface area contributed by atoms with E-state index in [-0.39, 0.29) is 0 Å². The molecule has 164 valence electrons. The average Bonchev–Trinajstić information content (AvgIpc) is 2.69. The summed E-state index contributed by atoms with van der Waals surface area (Å²) in [6, 6.07) is 0. The van der Waals surface area contributed by atoms with Crippen LogP contribution in [0.3, 0.4) is 0 Å². The first-order valence-corrected chi connectivity index (χ1v) is 18.0. The van der Waals surface area contributed by atoms with Gasteiger partial charge in [-0.25, -0.2) is 0 Å². The van der Waals surface area contributed by atoms with E-state index in [9.17, 15) is 0 Å². The van der Waals surface area contributed by atoms with E-state index >= 15 is 0 Å². The minimum absolute atomic E-state index is 1.19. The molecule has 0 bridgehead atoms. The molecule has 0 heterocycles. The van der Waals surface area contributed by atoms with E-state index in [1.807, 2.05) is 0 Å². The molecule has 0 radical (unpaired) electrons. The van der Waals surface area contributed by atoms with E-state index in [0.29, 0.717) is 0 Å². The van der Waals surface area contributed by atoms with Crippen molar-refractivity contribution in [3.63, 3.8) is 0 Å². The molecule has 0 aliphatic rings. The Labute approximate surface area is 180 Å². The second-order valence-corrected chi connectivity index (χ2v) is 18.0. The minimum atomic E-state index is -1.19. The number of rotatable bonds is 22. The summed E-state index contributed by atoms with van der Waals surface area (Å²) in [6.45, 7) is 5.76. The summed E-state index contributed by atoms with van der Waals surface area (Å²) in [5, 5.41) is 0. The van der Waals surface area contributed by atoms with Crippen LogP contribution in [-0.2, 0) is 11.8 Å². The van der Waals surface area contributed by atoms with Crippen LogP contribution in [0, 0.1) is 0 Å². The third-order valence-corrected chi connectivity index (χ3v) is 17.1. The third-order valence-electron chi connectivity index (χ3n) is 6.18. The molecular formula is C24H52P2S. The van der Waals surface area contributed by atoms with Gasteiger partial charge in [-0.2, -0.15) is 0 Å². The molecule has 0 nitrogen and oxygen atoms in total. The van der Waals surface area contributed by atoms with Crippen molar-refractivity contribution in [2.75, 3.05) is 18.5 Å². The SMILES string of the molecule is CCCCCCCC[PH](CCCCCCCC)(CCCCCCCC)P=S. The Hall–Kier alpha value is 0.950. The summed E-state index contributed by atoms with van der Waals surface area (Å²) < 4.78 is 0. The van der Waals surface area contributed by atoms with E-state index in [2.05, 4.69) is 20.8 Å². The van der Waals surface area contributed by atoms with Crippen molar-refractivity contribution in [3.8, 4) is 0 Å². The Morgan fingerprint density at radius 2 is 0.704 bits per heavy atom. The fraction of sp³-hybridized carbons (Fsp3) is 1.00. The van der Waals surface area contributed by atoms with E-state index < -0.39 is 6.95 Å². The van der Waals surface area contributed by atoms with Gasteiger partial charge in [0.15, 0.2) is 0 Å². The van der Waals surface area contributed by atoms with Crippen LogP contribution in [0.4, 0.5) is 0 Å². The molecule has 0 aliphatic carbocycles. The van der Waals surface area contributed by atoms with Crippen molar-refractivity contribution in [2.45, 2.75) is 136 Å². The monoisotopic (exact) mass is 434 g/mol. The number of unbranched alkanes of at least 4 members (excludes halogenated alkanes) is 15. The van der Waals surface area contributed by atoms with Gasteiger partial charge >= 0.3 is 181 Å². The van der Waals surface area contributed by atoms with Crippen LogP contribution in [0.2, 0.25) is 0 Å². The summed E-state index contributed by atoms with van der Waals surface area (Å²) in [4.78, 5) is 0. The standard InChI is InChI=1S/C24H52P2S/c1-4-7-10-13-16-19-22-26(25-27,23-20-17-14-11-8-5-2)24-21-18-15-12-9-6-3/h26H,4-24H2,1-3H3. The maximum absolute atomic E-state index is 5.78. The second kappa shape index (κ2) is 21.7. The van der Waals surface area contributed by atoms with Crippen LogP contribution >= 0.6 is 14.0 Å². The summed E-state index contributed by atoms with van der Waals surface area (Å²) >= 11 is 5.78. The molecule has 0 unspecified atom stereocenters. The molecule has 0 saturated carbocycles. The third kappa shape index (κ3) is 17.5. The van der Waals surface area contributed by atoms with Crippen molar-refractivity contribution in [1.82, 2.24) is 0 Å². The molecule has 0 aromatic heterocycles. The molecule has 0 aromatic carbocycles. The zero-order chi connectivity index (χ0) is 20.1. The average molecular weight is 435 g/mol. The van der Waals surface area contributed by atoms with Gasteiger partial charge in [-0.15, -0.1) is 0 Å². The molecule has 0 rings (SSSR count). The zero-order valence-corrected chi connectivity index (χ0v) is 21.9. The van der Waals surface area contributed by atoms with E-state index in [0.717, 1.165) is 0 Å². The summed E-state index contributed by atoms with van der Waals surface area (Å²) in [5.41, 5.74) is 0. The fourth-order valence-electron chi connectivity index (χ4n) is 4.22. The van der Waals surface area contributed by atoms with Crippen LogP contribution in [0.1, 0.15) is 136 Å². The van der Waals surface area contributed by atoms with Gasteiger partial charge in [0.25, 0.3) is 0 Å². The van der Waals surface area contributed by atoms with Gasteiger partial charge < -0.3 is 0 Å². The van der Waals surface area contributed by atoms with Gasteiger partial charge in [-0.3, -0.25) is 0 Å². The van der Waals surface area contributed by atoms with Crippen molar-refractivity contribution in [1.29, 1.82) is 0 Å². The summed E-state index contributed by atoms with van der Waals surface area (Å²) in [6.07, 6.45) is 30.5. The van der Waals surface area contributed by atoms with Crippen LogP contribution in [0.5, 0.6) is 0 Å². The first-order chi connectivity index (χ1) is 13.2. The van der Waals surface area contributed by atoms with Gasteiger partial charge in [0.2, 0.25) is 0 Å². The van der Waals surface area contributed by atoms with Gasteiger partial charge in [-0.05, 0) is 0 Å². The Morgan fingerprint density at radius 3 is 0.963 bits per heavy atom. The number of hydrogen-bond acceptors (Lipinski definition) is 1. The first kappa shape index (κ1) is 27.9. The maximum atomic E-state index is 5.78. The Bertz CT molecular complexity index is 266. The molecular weight excluding hydrogens is 382 g/mol. The predicted octanol–water partition coefficient (Wildman–Crippen LogP) is 10.1. The van der Waals surface area contributed by atoms with Crippen LogP contribution in [0.15, 0.2) is 0 Å². The van der Waals surface area contributed by atoms with Crippen LogP contribution in [0.25, 0.3) is 0 Å². The molecule has 0 amide bonds. The Kier molecular flexibility index (Phi) is 22.4. The van der Waals surface area contributed by atoms with Crippen molar-refractivity contribution in [3.05, 3.63) is 0 Å². The molecule has 0 saturated heterocycles. The molecule has 0 aliphatic heterocycles. The van der Waals surface area contributed by atoms with E-state index in [1.165, 1.54) is 141 Å². The molecule has 0 atom stereocenters. The molecule has 0 spiro atoms. The van der Waals surface area contributed by atoms with Gasteiger partial charge in [0.1, 0.15) is 0 Å². The van der Waals surface area contributed by atoms with Crippen LogP contribution in [-0.4, -0.2) is 18.5 Å². The van der Waals surface area contributed by atoms with Gasteiger partial charge in [0, 0.05) is 0 Å². The fourth-order valence-corrected chi connectivity index (χ4v) is 12.7. The Morgan fingerprint density at radius 1 is 0.444 bits per heavy atom. The van der Waals surface area contributed by atoms with E-state index in [1.54, 1.807) is 0 Å². The topological polar surface area (TPSA) is 0 Å². The van der Waals surface area contributed by atoms with Crippen molar-refractivity contribution >= 4 is 25.8 Å². The molecule has 0 N–H and O–H groups in total. The molecule has 27 heavy (non-hydrogen) atoms. The number of hydrogen-bond donors (Lipinski definition) is 0. The molecule has 0 fully saturated rings. The summed E-state index contributed by atoms with van der Waals surface area (Å²) in [7, 11) is 1.41. The van der Waals surface area contributed by atoms with Gasteiger partial charge in [-0.1, -0.05) is 0 Å². The predicted molar refractivity (Wildman–Crippen MR) is 137 cm³/mol. The van der Waals surface area contributed by atoms with Gasteiger partial charge in [0.05, 0.1) is 0 Å². The van der Waals surface area contributed by atoms with Crippen molar-refractivity contribution < 1.29 is 0 Å². The summed E-state index contributed by atoms with van der Waals surface area (Å²) in [5.74, 6) is 0. The first-order valence-electron chi connectivity index (χ1n) is 12.6. The normalized spacial score (nSPS) is 12.7. The quantitative estimate of drug-likeness (QED) is 0.121. The van der Waals surface area contributed by atoms with Crippen LogP contribution < -0.4 is 0 Å². The second-order valence-electron chi connectivity index (χ2n) is 8.87. The molecule has 0 aromatic rings. The van der Waals surface area contributed by atoms with Crippen molar-refractivity contribution in [2.24, 2.45) is 0 Å². The Balaban J connectivity index is 4.25. The van der Waals surface area contributed by atoms with E-state index in [4.69, 9.17) is 11.8 Å².